The molecule has 0 aliphatic rings. The van der Waals surface area contributed by atoms with Crippen LogP contribution in [0.4, 0.5) is 5.69 Å². The van der Waals surface area contributed by atoms with Crippen molar-refractivity contribution in [1.29, 1.82) is 0 Å². The number of thiophene rings is 1. The van der Waals surface area contributed by atoms with Gasteiger partial charge in [0.2, 0.25) is 5.91 Å². The fourth-order valence-corrected chi connectivity index (χ4v) is 4.39. The van der Waals surface area contributed by atoms with Crippen molar-refractivity contribution in [2.75, 3.05) is 5.32 Å². The topological polar surface area (TPSA) is 55.1 Å². The number of hydrogen-bond donors (Lipinski definition) is 1. The van der Waals surface area contributed by atoms with Crippen LogP contribution in [0.5, 0.6) is 0 Å². The molecule has 0 saturated carbocycles. The predicted molar refractivity (Wildman–Crippen MR) is 119 cm³/mol. The van der Waals surface area contributed by atoms with Gasteiger partial charge in [0.05, 0.1) is 6.20 Å². The average Bonchev–Trinajstić information content (AvgIpc) is 3.38. The molecule has 1 amide bonds. The smallest absolute Gasteiger partial charge is 0.227 e. The fraction of sp³-hybridized carbons (Fsp3) is 0.250. The Morgan fingerprint density at radius 1 is 1.14 bits per heavy atom. The van der Waals surface area contributed by atoms with Crippen LogP contribution in [-0.4, -0.2) is 10.9 Å². The Morgan fingerprint density at radius 3 is 2.76 bits per heavy atom. The third kappa shape index (κ3) is 4.40. The van der Waals surface area contributed by atoms with E-state index in [2.05, 4.69) is 48.4 Å². The first-order valence-electron chi connectivity index (χ1n) is 9.82. The molecule has 0 aliphatic carbocycles. The maximum atomic E-state index is 12.7. The van der Waals surface area contributed by atoms with Crippen molar-refractivity contribution < 1.29 is 9.21 Å². The third-order valence-electron chi connectivity index (χ3n) is 5.01. The molecule has 4 aromatic rings. The van der Waals surface area contributed by atoms with E-state index in [4.69, 9.17) is 4.42 Å². The van der Waals surface area contributed by atoms with Crippen molar-refractivity contribution in [2.24, 2.45) is 5.92 Å². The number of nitrogens with one attached hydrogen (secondary N) is 1. The zero-order valence-corrected chi connectivity index (χ0v) is 17.6. The molecule has 0 fully saturated rings. The van der Waals surface area contributed by atoms with Gasteiger partial charge in [0.1, 0.15) is 0 Å². The summed E-state index contributed by atoms with van der Waals surface area (Å²) in [6, 6.07) is 16.4. The Labute approximate surface area is 174 Å². The van der Waals surface area contributed by atoms with Gasteiger partial charge < -0.3 is 9.73 Å². The predicted octanol–water partition coefficient (Wildman–Crippen LogP) is 6.50. The Kier molecular flexibility index (Phi) is 5.49. The molecule has 1 atom stereocenters. The van der Waals surface area contributed by atoms with Crippen molar-refractivity contribution in [3.63, 3.8) is 0 Å². The number of anilines is 1. The highest BCUT2D eigenvalue weighted by molar-refractivity contribution is 7.19. The van der Waals surface area contributed by atoms with Crippen LogP contribution in [0.2, 0.25) is 0 Å². The normalized spacial score (nSPS) is 12.4. The van der Waals surface area contributed by atoms with Crippen molar-refractivity contribution in [2.45, 2.75) is 33.1 Å². The van der Waals surface area contributed by atoms with E-state index in [1.807, 2.05) is 42.5 Å². The molecule has 0 spiro atoms. The van der Waals surface area contributed by atoms with Gasteiger partial charge in [-0.2, -0.15) is 0 Å². The van der Waals surface area contributed by atoms with E-state index in [-0.39, 0.29) is 11.8 Å². The lowest BCUT2D eigenvalue weighted by Crippen LogP contribution is -2.22. The van der Waals surface area contributed by atoms with Crippen LogP contribution in [0.15, 0.2) is 65.5 Å². The molecule has 5 heteroatoms. The summed E-state index contributed by atoms with van der Waals surface area (Å²) in [7, 11) is 0. The maximum absolute atomic E-state index is 12.7. The molecule has 2 aromatic heterocycles. The molecule has 2 aromatic carbocycles. The second-order valence-corrected chi connectivity index (χ2v) is 8.83. The van der Waals surface area contributed by atoms with Gasteiger partial charge in [-0.15, -0.1) is 11.3 Å². The molecule has 1 unspecified atom stereocenters. The van der Waals surface area contributed by atoms with Gasteiger partial charge >= 0.3 is 0 Å². The van der Waals surface area contributed by atoms with Crippen LogP contribution in [-0.2, 0) is 11.2 Å². The van der Waals surface area contributed by atoms with E-state index < -0.39 is 0 Å². The number of amides is 1. The molecular weight excluding hydrogens is 380 g/mol. The molecule has 29 heavy (non-hydrogen) atoms. The number of aromatic nitrogens is 1. The standard InChI is InChI=1S/C24H24N2O2S/c1-15(2)23-12-19-10-17(7-8-22(19)29-23)9-16(3)24(27)26-20-6-4-5-18(11-20)21-13-25-14-28-21/h4-8,10-16H,9H2,1-3H3,(H,26,27). The van der Waals surface area contributed by atoms with Gasteiger partial charge in [0, 0.05) is 26.7 Å². The van der Waals surface area contributed by atoms with Gasteiger partial charge in [0.15, 0.2) is 12.2 Å². The largest absolute Gasteiger partial charge is 0.444 e. The molecular formula is C24H24N2O2S. The molecule has 148 valence electrons. The number of benzene rings is 2. The first-order chi connectivity index (χ1) is 14.0. The summed E-state index contributed by atoms with van der Waals surface area (Å²) in [6.07, 6.45) is 3.77. The Balaban J connectivity index is 1.44. The minimum Gasteiger partial charge on any atom is -0.444 e. The maximum Gasteiger partial charge on any atom is 0.227 e. The summed E-state index contributed by atoms with van der Waals surface area (Å²) in [5, 5.41) is 4.29. The number of hydrogen-bond acceptors (Lipinski definition) is 4. The van der Waals surface area contributed by atoms with Crippen LogP contribution < -0.4 is 5.32 Å². The second kappa shape index (κ2) is 8.21. The van der Waals surface area contributed by atoms with Crippen LogP contribution in [0.25, 0.3) is 21.4 Å². The summed E-state index contributed by atoms with van der Waals surface area (Å²) in [5.41, 5.74) is 2.83. The average molecular weight is 405 g/mol. The zero-order chi connectivity index (χ0) is 20.4. The van der Waals surface area contributed by atoms with Crippen molar-refractivity contribution in [3.05, 3.63) is 71.6 Å². The van der Waals surface area contributed by atoms with Crippen LogP contribution in [0.1, 0.15) is 37.1 Å². The van der Waals surface area contributed by atoms with E-state index in [1.54, 1.807) is 6.20 Å². The molecule has 2 heterocycles. The number of fused-ring (bicyclic) bond motifs is 1. The highest BCUT2D eigenvalue weighted by Gasteiger charge is 2.15. The quantitative estimate of drug-likeness (QED) is 0.399. The van der Waals surface area contributed by atoms with Crippen LogP contribution in [0, 0.1) is 5.92 Å². The van der Waals surface area contributed by atoms with E-state index in [9.17, 15) is 4.79 Å². The Morgan fingerprint density at radius 2 is 2.00 bits per heavy atom. The van der Waals surface area contributed by atoms with Gasteiger partial charge in [-0.1, -0.05) is 45.0 Å². The summed E-state index contributed by atoms with van der Waals surface area (Å²) in [6.45, 7) is 6.40. The molecule has 0 saturated heterocycles. The second-order valence-electron chi connectivity index (χ2n) is 7.72. The fourth-order valence-electron chi connectivity index (χ4n) is 3.35. The molecule has 1 N–H and O–H groups in total. The highest BCUT2D eigenvalue weighted by atomic mass is 32.1. The van der Waals surface area contributed by atoms with Gasteiger partial charge in [-0.3, -0.25) is 4.79 Å². The lowest BCUT2D eigenvalue weighted by Gasteiger charge is -2.13. The number of carbonyl (C=O) groups is 1. The minimum absolute atomic E-state index is 0.00741. The van der Waals surface area contributed by atoms with E-state index in [0.29, 0.717) is 18.1 Å². The zero-order valence-electron chi connectivity index (χ0n) is 16.8. The molecule has 4 rings (SSSR count). The number of rotatable bonds is 6. The molecule has 0 aliphatic heterocycles. The molecule has 0 radical (unpaired) electrons. The summed E-state index contributed by atoms with van der Waals surface area (Å²) in [4.78, 5) is 18.1. The molecule has 0 bridgehead atoms. The van der Waals surface area contributed by atoms with Crippen LogP contribution >= 0.6 is 11.3 Å². The number of nitrogens with zero attached hydrogens (tertiary/aromatic N) is 1. The minimum atomic E-state index is -0.135. The third-order valence-corrected chi connectivity index (χ3v) is 6.42. The van der Waals surface area contributed by atoms with Crippen molar-refractivity contribution >= 4 is 33.0 Å². The lowest BCUT2D eigenvalue weighted by atomic mass is 9.99. The van der Waals surface area contributed by atoms with Gasteiger partial charge in [-0.25, -0.2) is 4.98 Å². The number of oxazole rings is 1. The first-order valence-corrected chi connectivity index (χ1v) is 10.6. The van der Waals surface area contributed by atoms with Gasteiger partial charge in [0.25, 0.3) is 0 Å². The van der Waals surface area contributed by atoms with Crippen molar-refractivity contribution in [1.82, 2.24) is 4.98 Å². The summed E-state index contributed by atoms with van der Waals surface area (Å²) in [5.74, 6) is 1.09. The number of carbonyl (C=O) groups excluding carboxylic acids is 1. The molecule has 4 nitrogen and oxygen atoms in total. The van der Waals surface area contributed by atoms with Crippen LogP contribution in [0.3, 0.4) is 0 Å². The monoisotopic (exact) mass is 404 g/mol. The first kappa shape index (κ1) is 19.4. The SMILES string of the molecule is CC(Cc1ccc2sc(C(C)C)cc2c1)C(=O)Nc1cccc(-c2cnco2)c1. The van der Waals surface area contributed by atoms with Crippen molar-refractivity contribution in [3.8, 4) is 11.3 Å². The van der Waals surface area contributed by atoms with E-state index in [0.717, 1.165) is 11.3 Å². The highest BCUT2D eigenvalue weighted by Crippen LogP contribution is 2.31. The summed E-state index contributed by atoms with van der Waals surface area (Å²) < 4.78 is 6.64. The van der Waals surface area contributed by atoms with E-state index in [1.165, 1.54) is 26.9 Å². The Bertz CT molecular complexity index is 1130. The van der Waals surface area contributed by atoms with Gasteiger partial charge in [-0.05, 0) is 47.6 Å². The lowest BCUT2D eigenvalue weighted by molar-refractivity contribution is -0.119. The van der Waals surface area contributed by atoms with E-state index >= 15 is 0 Å². The Hall–Kier alpha value is -2.92. The summed E-state index contributed by atoms with van der Waals surface area (Å²) >= 11 is 1.85.